The maximum absolute atomic E-state index is 12.9. The maximum Gasteiger partial charge on any atom is 0.410 e. The minimum absolute atomic E-state index is 0.0594. The number of piperidine rings is 1. The average Bonchev–Trinajstić information content (AvgIpc) is 3.53. The van der Waals surface area contributed by atoms with Gasteiger partial charge >= 0.3 is 6.09 Å². The molecule has 0 N–H and O–H groups in total. The summed E-state index contributed by atoms with van der Waals surface area (Å²) in [5.41, 5.74) is 4.80. The number of carbonyl (C=O) groups is 1. The molecule has 11 nitrogen and oxygen atoms in total. The van der Waals surface area contributed by atoms with Gasteiger partial charge in [0.2, 0.25) is 0 Å². The third-order valence-electron chi connectivity index (χ3n) is 9.23. The van der Waals surface area contributed by atoms with Gasteiger partial charge in [0.25, 0.3) is 0 Å². The topological polar surface area (TPSA) is 118 Å². The van der Waals surface area contributed by atoms with Crippen LogP contribution in [-0.2, 0) is 14.2 Å². The molecule has 1 aliphatic rings. The zero-order valence-corrected chi connectivity index (χ0v) is 35.1. The second-order valence-electron chi connectivity index (χ2n) is 17.4. The van der Waals surface area contributed by atoms with Crippen LogP contribution in [-0.4, -0.2) is 92.1 Å². The van der Waals surface area contributed by atoms with E-state index in [1.165, 1.54) is 0 Å². The van der Waals surface area contributed by atoms with Crippen LogP contribution in [0.4, 0.5) is 10.6 Å². The monoisotopic (exact) mass is 755 g/mol. The highest BCUT2D eigenvalue weighted by Gasteiger charge is 2.33. The van der Waals surface area contributed by atoms with Gasteiger partial charge in [-0.1, -0.05) is 75.7 Å². The number of ether oxygens (including phenoxy) is 3. The fourth-order valence-electron chi connectivity index (χ4n) is 6.15. The van der Waals surface area contributed by atoms with Crippen molar-refractivity contribution in [2.24, 2.45) is 0 Å². The van der Waals surface area contributed by atoms with E-state index in [1.807, 2.05) is 74.3 Å². The molecule has 0 radical (unpaired) electrons. The molecule has 4 aromatic rings. The number of aromatic nitrogens is 4. The van der Waals surface area contributed by atoms with Gasteiger partial charge in [-0.25, -0.2) is 9.78 Å². The van der Waals surface area contributed by atoms with Crippen molar-refractivity contribution < 1.29 is 19.0 Å². The van der Waals surface area contributed by atoms with E-state index in [0.29, 0.717) is 61.9 Å². The highest BCUT2D eigenvalue weighted by molar-refractivity contribution is 6.76. The third-order valence-corrected chi connectivity index (χ3v) is 12.6. The molecule has 0 unspecified atom stereocenters. The molecule has 4 heterocycles. The van der Waals surface area contributed by atoms with Gasteiger partial charge in [-0.3, -0.25) is 4.98 Å². The summed E-state index contributed by atoms with van der Waals surface area (Å²) in [5, 5.41) is 15.8. The molecule has 284 valence electrons. The number of amides is 1. The number of pyridine rings is 1. The van der Waals surface area contributed by atoms with Gasteiger partial charge in [0, 0.05) is 71.3 Å². The highest BCUT2D eigenvalue weighted by Crippen LogP contribution is 2.37. The number of carbonyl (C=O) groups excluding carboxylic acids is 1. The van der Waals surface area contributed by atoms with Crippen molar-refractivity contribution in [3.05, 3.63) is 66.1 Å². The van der Waals surface area contributed by atoms with Crippen LogP contribution >= 0.6 is 0 Å². The number of anilines is 1. The van der Waals surface area contributed by atoms with Crippen LogP contribution in [0.1, 0.15) is 50.8 Å². The summed E-state index contributed by atoms with van der Waals surface area (Å²) >= 11 is 0. The lowest BCUT2D eigenvalue weighted by atomic mass is 9.90. The number of benzene rings is 1. The molecule has 1 aromatic carbocycles. The van der Waals surface area contributed by atoms with Crippen LogP contribution < -0.4 is 4.90 Å². The molecule has 0 atom stereocenters. The normalized spacial score (nSPS) is 14.4. The van der Waals surface area contributed by atoms with Crippen molar-refractivity contribution in [3.63, 3.8) is 0 Å². The van der Waals surface area contributed by atoms with E-state index in [4.69, 9.17) is 29.3 Å². The smallest absolute Gasteiger partial charge is 0.410 e. The molecule has 0 spiro atoms. The van der Waals surface area contributed by atoms with E-state index < -0.39 is 21.7 Å². The minimum atomic E-state index is -1.33. The van der Waals surface area contributed by atoms with Crippen LogP contribution in [0, 0.1) is 11.3 Å². The Balaban J connectivity index is 1.56. The van der Waals surface area contributed by atoms with Crippen molar-refractivity contribution in [2.45, 2.75) is 96.5 Å². The first-order valence-corrected chi connectivity index (χ1v) is 26.2. The van der Waals surface area contributed by atoms with Crippen molar-refractivity contribution in [1.82, 2.24) is 24.5 Å². The Morgan fingerprint density at radius 3 is 2.06 bits per heavy atom. The Bertz CT molecular complexity index is 1840. The second kappa shape index (κ2) is 16.9. The molecule has 1 amide bonds. The van der Waals surface area contributed by atoms with Gasteiger partial charge in [0.1, 0.15) is 30.7 Å². The molecule has 0 saturated carbocycles. The van der Waals surface area contributed by atoms with E-state index in [2.05, 4.69) is 45.4 Å². The molecule has 1 saturated heterocycles. The predicted molar refractivity (Wildman–Crippen MR) is 217 cm³/mol. The molecule has 1 fully saturated rings. The Morgan fingerprint density at radius 1 is 0.906 bits per heavy atom. The first-order chi connectivity index (χ1) is 25.0. The number of fused-ring (bicyclic) bond motifs is 1. The molecular weight excluding hydrogens is 699 g/mol. The van der Waals surface area contributed by atoms with Crippen LogP contribution in [0.5, 0.6) is 0 Å². The van der Waals surface area contributed by atoms with E-state index >= 15 is 0 Å². The van der Waals surface area contributed by atoms with E-state index in [-0.39, 0.29) is 25.5 Å². The molecule has 3 aromatic heterocycles. The lowest BCUT2D eigenvalue weighted by molar-refractivity contribution is 0.0204. The van der Waals surface area contributed by atoms with Crippen molar-refractivity contribution >= 4 is 33.7 Å². The molecule has 0 bridgehead atoms. The summed E-state index contributed by atoms with van der Waals surface area (Å²) in [6.45, 7) is 22.4. The van der Waals surface area contributed by atoms with Crippen LogP contribution in [0.2, 0.25) is 51.4 Å². The van der Waals surface area contributed by atoms with Crippen LogP contribution in [0.3, 0.4) is 0 Å². The number of rotatable bonds is 14. The average molecular weight is 756 g/mol. The first kappa shape index (κ1) is 40.1. The van der Waals surface area contributed by atoms with E-state index in [1.54, 1.807) is 15.6 Å². The lowest BCUT2D eigenvalue weighted by Gasteiger charge is -2.34. The highest BCUT2D eigenvalue weighted by atomic mass is 28.3. The first-order valence-electron chi connectivity index (χ1n) is 18.7. The molecule has 0 aliphatic carbocycles. The summed E-state index contributed by atoms with van der Waals surface area (Å²) in [5.74, 6) is 0.541. The number of nitrogens with zero attached hydrogens (tertiary/aromatic N) is 7. The largest absolute Gasteiger partial charge is 0.444 e. The second-order valence-corrected chi connectivity index (χ2v) is 28.6. The zero-order chi connectivity index (χ0) is 38.4. The summed E-state index contributed by atoms with van der Waals surface area (Å²) in [6.07, 6.45) is 4.63. The Labute approximate surface area is 317 Å². The van der Waals surface area contributed by atoms with Crippen molar-refractivity contribution in [3.8, 4) is 28.5 Å². The molecule has 1 aliphatic heterocycles. The van der Waals surface area contributed by atoms with Gasteiger partial charge in [-0.15, -0.1) is 0 Å². The van der Waals surface area contributed by atoms with E-state index in [9.17, 15) is 10.1 Å². The van der Waals surface area contributed by atoms with Crippen LogP contribution in [0.15, 0.2) is 54.9 Å². The van der Waals surface area contributed by atoms with Gasteiger partial charge in [0.05, 0.1) is 17.6 Å². The summed E-state index contributed by atoms with van der Waals surface area (Å²) < 4.78 is 20.1. The maximum atomic E-state index is 12.9. The number of likely N-dealkylation sites (tertiary alicyclic amines) is 1. The predicted octanol–water partition coefficient (Wildman–Crippen LogP) is 8.88. The minimum Gasteiger partial charge on any atom is -0.444 e. The van der Waals surface area contributed by atoms with Crippen LogP contribution in [0.25, 0.3) is 28.0 Å². The third kappa shape index (κ3) is 11.0. The Hall–Kier alpha value is -4.10. The van der Waals surface area contributed by atoms with Gasteiger partial charge < -0.3 is 24.0 Å². The van der Waals surface area contributed by atoms with Crippen molar-refractivity contribution in [2.75, 3.05) is 44.7 Å². The molecule has 13 heteroatoms. The quantitative estimate of drug-likeness (QED) is 0.0707. The summed E-state index contributed by atoms with van der Waals surface area (Å²) in [4.78, 5) is 26.7. The molecular formula is C40H57N7O4Si2. The van der Waals surface area contributed by atoms with Gasteiger partial charge in [0.15, 0.2) is 11.5 Å². The van der Waals surface area contributed by atoms with Gasteiger partial charge in [-0.05, 0) is 51.8 Å². The van der Waals surface area contributed by atoms with E-state index in [0.717, 1.165) is 34.5 Å². The SMILES string of the molecule is CC(C)(C)OC(=O)N1CCC(c2nc3c(-c4ccc(-c5ccccc5)nc4)cnn3c(N(COCC[Si](C)(C)C)COCC[Si](C)(C)C)c2C#N)CC1. The number of nitriles is 1. The fourth-order valence-corrected chi connectivity index (χ4v) is 7.67. The summed E-state index contributed by atoms with van der Waals surface area (Å²) in [7, 11) is -2.67. The number of hydrogen-bond donors (Lipinski definition) is 0. The zero-order valence-electron chi connectivity index (χ0n) is 33.1. The summed E-state index contributed by atoms with van der Waals surface area (Å²) in [6, 6.07) is 18.7. The van der Waals surface area contributed by atoms with Gasteiger partial charge in [-0.2, -0.15) is 14.9 Å². The molecule has 5 rings (SSSR count). The standard InChI is InChI=1S/C40H57N7O4Si2/c1-40(2,3)51-39(48)45-19-17-31(18-20-45)36-33(25-41)38(46(28-49-21-23-52(4,5)6)29-50-22-24-53(7,8)9)47-37(44-36)34(27-43-47)32-15-16-35(42-26-32)30-13-11-10-12-14-30/h10-16,26-27,31H,17-24,28-29H2,1-9H3. The fraction of sp³-hybridized carbons (Fsp3) is 0.525. The van der Waals surface area contributed by atoms with Crippen molar-refractivity contribution in [1.29, 1.82) is 5.26 Å². The Kier molecular flexibility index (Phi) is 12.8. The Morgan fingerprint density at radius 2 is 1.53 bits per heavy atom. The molecule has 53 heavy (non-hydrogen) atoms. The number of hydrogen-bond acceptors (Lipinski definition) is 9. The lowest BCUT2D eigenvalue weighted by Crippen LogP contribution is -2.41.